The first-order valence-electron chi connectivity index (χ1n) is 9.54. The van der Waals surface area contributed by atoms with E-state index in [9.17, 15) is 13.2 Å². The maximum Gasteiger partial charge on any atom is 0.233 e. The van der Waals surface area contributed by atoms with Crippen LogP contribution in [-0.4, -0.2) is 41.5 Å². The van der Waals surface area contributed by atoms with Gasteiger partial charge in [0.25, 0.3) is 0 Å². The van der Waals surface area contributed by atoms with Crippen LogP contribution in [0.1, 0.15) is 43.6 Å². The molecule has 1 heterocycles. The average Bonchev–Trinajstić information content (AvgIpc) is 2.72. The topological polar surface area (TPSA) is 122 Å². The van der Waals surface area contributed by atoms with Crippen molar-refractivity contribution >= 4 is 38.9 Å². The van der Waals surface area contributed by atoms with Gasteiger partial charge in [-0.3, -0.25) is 9.78 Å². The molecule has 1 aliphatic rings. The van der Waals surface area contributed by atoms with Gasteiger partial charge >= 0.3 is 0 Å². The lowest BCUT2D eigenvalue weighted by Gasteiger charge is -2.27. The van der Waals surface area contributed by atoms with Crippen molar-refractivity contribution in [3.8, 4) is 0 Å². The molecule has 0 radical (unpaired) electrons. The standard InChI is InChI=1S/C20H23ClN4O4S/c1-30(28,29)18-7-4-14(11-17(18)21)16(10-13-2-5-15(25-27)6-3-13)20(26)24-19-12-22-8-9-23-19/h4,7-9,11-13,16,27H,2-3,5-6,10H2,1H3,(H,23,24,26). The summed E-state index contributed by atoms with van der Waals surface area (Å²) in [4.78, 5) is 21.2. The van der Waals surface area contributed by atoms with Crippen LogP contribution in [0.25, 0.3) is 0 Å². The van der Waals surface area contributed by atoms with Gasteiger partial charge in [0, 0.05) is 18.6 Å². The Hall–Kier alpha value is -2.52. The van der Waals surface area contributed by atoms with Gasteiger partial charge in [-0.1, -0.05) is 22.8 Å². The summed E-state index contributed by atoms with van der Waals surface area (Å²) in [7, 11) is -3.47. The van der Waals surface area contributed by atoms with E-state index in [0.717, 1.165) is 24.8 Å². The molecule has 1 atom stereocenters. The zero-order valence-electron chi connectivity index (χ0n) is 16.5. The molecule has 8 nitrogen and oxygen atoms in total. The van der Waals surface area contributed by atoms with E-state index in [-0.39, 0.29) is 21.7 Å². The maximum absolute atomic E-state index is 13.1. The summed E-state index contributed by atoms with van der Waals surface area (Å²) in [5.74, 6) is -0.220. The van der Waals surface area contributed by atoms with Crippen LogP contribution >= 0.6 is 11.6 Å². The maximum atomic E-state index is 13.1. The molecule has 3 rings (SSSR count). The molecule has 160 valence electrons. The lowest BCUT2D eigenvalue weighted by molar-refractivity contribution is -0.118. The molecule has 1 aromatic heterocycles. The first-order valence-corrected chi connectivity index (χ1v) is 11.8. The molecule has 1 unspecified atom stereocenters. The number of oxime groups is 1. The molecule has 0 aliphatic heterocycles. The molecule has 1 aromatic carbocycles. The number of hydrogen-bond donors (Lipinski definition) is 2. The van der Waals surface area contributed by atoms with Crippen molar-refractivity contribution in [2.75, 3.05) is 11.6 Å². The normalized spacial score (nSPS) is 17.9. The van der Waals surface area contributed by atoms with Crippen LogP contribution in [0.15, 0.2) is 46.8 Å². The number of halogens is 1. The molecule has 2 N–H and O–H groups in total. The van der Waals surface area contributed by atoms with Gasteiger partial charge in [0.1, 0.15) is 0 Å². The second kappa shape index (κ2) is 9.53. The summed E-state index contributed by atoms with van der Waals surface area (Å²) < 4.78 is 23.8. The number of benzene rings is 1. The van der Waals surface area contributed by atoms with E-state index in [4.69, 9.17) is 16.8 Å². The van der Waals surface area contributed by atoms with Gasteiger partial charge in [0.2, 0.25) is 5.91 Å². The van der Waals surface area contributed by atoms with Crippen molar-refractivity contribution in [3.05, 3.63) is 47.4 Å². The van der Waals surface area contributed by atoms with Crippen LogP contribution in [0.3, 0.4) is 0 Å². The summed E-state index contributed by atoms with van der Waals surface area (Å²) in [5.41, 5.74) is 1.41. The van der Waals surface area contributed by atoms with Gasteiger partial charge in [-0.15, -0.1) is 0 Å². The Labute approximate surface area is 180 Å². The van der Waals surface area contributed by atoms with Gasteiger partial charge in [0.05, 0.1) is 27.7 Å². The number of carbonyl (C=O) groups excluding carboxylic acids is 1. The average molecular weight is 451 g/mol. The molecule has 30 heavy (non-hydrogen) atoms. The molecule has 0 bridgehead atoms. The smallest absolute Gasteiger partial charge is 0.233 e. The second-order valence-electron chi connectivity index (χ2n) is 7.44. The Kier molecular flexibility index (Phi) is 7.04. The van der Waals surface area contributed by atoms with Gasteiger partial charge in [-0.2, -0.15) is 0 Å². The van der Waals surface area contributed by atoms with Crippen molar-refractivity contribution in [1.29, 1.82) is 0 Å². The third kappa shape index (κ3) is 5.54. The highest BCUT2D eigenvalue weighted by molar-refractivity contribution is 7.90. The third-order valence-electron chi connectivity index (χ3n) is 5.28. The van der Waals surface area contributed by atoms with Gasteiger partial charge in [0.15, 0.2) is 15.7 Å². The molecule has 2 aromatic rings. The van der Waals surface area contributed by atoms with Gasteiger partial charge in [-0.05, 0) is 55.7 Å². The fourth-order valence-electron chi connectivity index (χ4n) is 3.69. The molecule has 1 fully saturated rings. The number of anilines is 1. The number of sulfone groups is 1. The quantitative estimate of drug-likeness (QED) is 0.511. The van der Waals surface area contributed by atoms with Crippen LogP contribution in [0.2, 0.25) is 5.02 Å². The molecular formula is C20H23ClN4O4S. The minimum Gasteiger partial charge on any atom is -0.411 e. The van der Waals surface area contributed by atoms with Crippen LogP contribution in [0.4, 0.5) is 5.82 Å². The fraction of sp³-hybridized carbons (Fsp3) is 0.400. The largest absolute Gasteiger partial charge is 0.411 e. The third-order valence-corrected chi connectivity index (χ3v) is 6.86. The van der Waals surface area contributed by atoms with E-state index in [0.29, 0.717) is 30.6 Å². The lowest BCUT2D eigenvalue weighted by atomic mass is 9.79. The molecule has 0 spiro atoms. The van der Waals surface area contributed by atoms with Crippen LogP contribution in [0, 0.1) is 5.92 Å². The number of amides is 1. The predicted molar refractivity (Wildman–Crippen MR) is 114 cm³/mol. The van der Waals surface area contributed by atoms with Crippen LogP contribution in [-0.2, 0) is 14.6 Å². The number of nitrogens with one attached hydrogen (secondary N) is 1. The highest BCUT2D eigenvalue weighted by Crippen LogP contribution is 2.35. The number of carbonyl (C=O) groups is 1. The lowest BCUT2D eigenvalue weighted by Crippen LogP contribution is -2.26. The monoisotopic (exact) mass is 450 g/mol. The van der Waals surface area contributed by atoms with Crippen molar-refractivity contribution in [2.45, 2.75) is 42.9 Å². The van der Waals surface area contributed by atoms with E-state index < -0.39 is 15.8 Å². The highest BCUT2D eigenvalue weighted by atomic mass is 35.5. The molecule has 1 amide bonds. The predicted octanol–water partition coefficient (Wildman–Crippen LogP) is 3.67. The number of rotatable bonds is 6. The Bertz CT molecular complexity index is 1030. The van der Waals surface area contributed by atoms with Crippen LogP contribution in [0.5, 0.6) is 0 Å². The van der Waals surface area contributed by atoms with Crippen molar-refractivity contribution < 1.29 is 18.4 Å². The molecule has 1 saturated carbocycles. The van der Waals surface area contributed by atoms with Gasteiger partial charge < -0.3 is 10.5 Å². The van der Waals surface area contributed by atoms with Crippen molar-refractivity contribution in [3.63, 3.8) is 0 Å². The number of nitrogens with zero attached hydrogens (tertiary/aromatic N) is 3. The summed E-state index contributed by atoms with van der Waals surface area (Å²) in [6, 6.07) is 4.61. The fourth-order valence-corrected chi connectivity index (χ4v) is 5.02. The Morgan fingerprint density at radius 3 is 2.63 bits per heavy atom. The minimum absolute atomic E-state index is 0.0301. The summed E-state index contributed by atoms with van der Waals surface area (Å²) in [6.45, 7) is 0. The Morgan fingerprint density at radius 1 is 1.33 bits per heavy atom. The summed E-state index contributed by atoms with van der Waals surface area (Å²) in [5, 5.41) is 15.1. The van der Waals surface area contributed by atoms with E-state index >= 15 is 0 Å². The second-order valence-corrected chi connectivity index (χ2v) is 9.83. The van der Waals surface area contributed by atoms with Crippen molar-refractivity contribution in [1.82, 2.24) is 9.97 Å². The summed E-state index contributed by atoms with van der Waals surface area (Å²) in [6.07, 6.45) is 9.10. The van der Waals surface area contributed by atoms with E-state index in [1.165, 1.54) is 24.7 Å². The zero-order chi connectivity index (χ0) is 21.7. The summed E-state index contributed by atoms with van der Waals surface area (Å²) >= 11 is 6.23. The zero-order valence-corrected chi connectivity index (χ0v) is 18.0. The Morgan fingerprint density at radius 2 is 2.07 bits per heavy atom. The van der Waals surface area contributed by atoms with E-state index in [2.05, 4.69) is 20.4 Å². The van der Waals surface area contributed by atoms with E-state index in [1.807, 2.05) is 0 Å². The van der Waals surface area contributed by atoms with Crippen LogP contribution < -0.4 is 5.32 Å². The number of aromatic nitrogens is 2. The van der Waals surface area contributed by atoms with E-state index in [1.54, 1.807) is 12.1 Å². The highest BCUT2D eigenvalue weighted by Gasteiger charge is 2.28. The first-order chi connectivity index (χ1) is 14.3. The van der Waals surface area contributed by atoms with Gasteiger partial charge in [-0.25, -0.2) is 13.4 Å². The number of hydrogen-bond acceptors (Lipinski definition) is 7. The minimum atomic E-state index is -3.47. The molecule has 10 heteroatoms. The van der Waals surface area contributed by atoms with Crippen molar-refractivity contribution in [2.24, 2.45) is 11.1 Å². The molecular weight excluding hydrogens is 428 g/mol. The Balaban J connectivity index is 1.87. The molecule has 1 aliphatic carbocycles. The first kappa shape index (κ1) is 22.2. The SMILES string of the molecule is CS(=O)(=O)c1ccc(C(CC2CCC(=NO)CC2)C(=O)Nc2cnccn2)cc1Cl. The molecule has 0 saturated heterocycles.